The van der Waals surface area contributed by atoms with E-state index in [0.29, 0.717) is 22.9 Å². The fraction of sp³-hybridized carbons (Fsp3) is 0.150. The Bertz CT molecular complexity index is 1290. The summed E-state index contributed by atoms with van der Waals surface area (Å²) in [7, 11) is 0. The number of amides is 1. The molecule has 0 aliphatic heterocycles. The fourth-order valence-corrected chi connectivity index (χ4v) is 3.64. The molecule has 1 N–H and O–H groups in total. The zero-order chi connectivity index (χ0) is 21.1. The van der Waals surface area contributed by atoms with Crippen LogP contribution in [0.1, 0.15) is 5.56 Å². The number of hydrogen-bond donors (Lipinski definition) is 1. The first-order chi connectivity index (χ1) is 14.5. The highest BCUT2D eigenvalue weighted by molar-refractivity contribution is 7.98. The van der Waals surface area contributed by atoms with E-state index < -0.39 is 5.56 Å². The minimum absolute atomic E-state index is 0.108. The van der Waals surface area contributed by atoms with E-state index in [2.05, 4.69) is 20.6 Å². The molecule has 2 heterocycles. The molecule has 0 unspecified atom stereocenters. The van der Waals surface area contributed by atoms with Gasteiger partial charge in [0.15, 0.2) is 11.2 Å². The van der Waals surface area contributed by atoms with Gasteiger partial charge in [0.25, 0.3) is 5.56 Å². The number of nitrogens with zero attached hydrogens (tertiary/aromatic N) is 5. The molecule has 4 aromatic rings. The van der Waals surface area contributed by atoms with Gasteiger partial charge in [-0.1, -0.05) is 35.0 Å². The highest BCUT2D eigenvalue weighted by atomic mass is 35.5. The van der Waals surface area contributed by atoms with E-state index in [0.717, 1.165) is 10.5 Å². The third kappa shape index (κ3) is 4.37. The molecule has 2 aromatic carbocycles. The van der Waals surface area contributed by atoms with Crippen molar-refractivity contribution in [2.45, 2.75) is 18.0 Å². The van der Waals surface area contributed by atoms with Gasteiger partial charge in [-0.3, -0.25) is 14.2 Å². The number of carbonyl (C=O) groups excluding carboxylic acids is 1. The molecule has 0 spiro atoms. The summed E-state index contributed by atoms with van der Waals surface area (Å²) in [6.45, 7) is 0.201. The van der Waals surface area contributed by atoms with Crippen LogP contribution in [0.5, 0.6) is 0 Å². The maximum atomic E-state index is 12.7. The lowest BCUT2D eigenvalue weighted by molar-refractivity contribution is -0.116. The molecule has 0 aliphatic carbocycles. The maximum Gasteiger partial charge on any atom is 0.283 e. The highest BCUT2D eigenvalue weighted by Gasteiger charge is 2.14. The van der Waals surface area contributed by atoms with Crippen LogP contribution in [0.25, 0.3) is 11.2 Å². The van der Waals surface area contributed by atoms with E-state index in [1.54, 1.807) is 23.9 Å². The highest BCUT2D eigenvalue weighted by Crippen LogP contribution is 2.19. The van der Waals surface area contributed by atoms with E-state index in [1.165, 1.54) is 15.6 Å². The largest absolute Gasteiger partial charge is 0.324 e. The minimum atomic E-state index is -0.426. The first-order valence-corrected chi connectivity index (χ1v) is 10.6. The molecule has 1 amide bonds. The molecule has 0 aliphatic rings. The number of carbonyl (C=O) groups is 1. The van der Waals surface area contributed by atoms with Crippen molar-refractivity contribution in [2.75, 3.05) is 11.6 Å². The van der Waals surface area contributed by atoms with Crippen LogP contribution in [0.3, 0.4) is 0 Å². The number of benzene rings is 2. The molecular formula is C20H17ClN6O2S. The van der Waals surface area contributed by atoms with E-state index in [9.17, 15) is 9.59 Å². The average Bonchev–Trinajstić information content (AvgIpc) is 3.13. The monoisotopic (exact) mass is 440 g/mol. The molecule has 0 saturated heterocycles. The first-order valence-electron chi connectivity index (χ1n) is 9.00. The number of thioether (sulfide) groups is 1. The van der Waals surface area contributed by atoms with E-state index in [1.807, 2.05) is 42.7 Å². The van der Waals surface area contributed by atoms with Gasteiger partial charge in [0.2, 0.25) is 5.91 Å². The molecular weight excluding hydrogens is 424 g/mol. The summed E-state index contributed by atoms with van der Waals surface area (Å²) in [5.74, 6) is -0.331. The lowest BCUT2D eigenvalue weighted by atomic mass is 10.2. The molecule has 8 nitrogen and oxygen atoms in total. The van der Waals surface area contributed by atoms with Crippen molar-refractivity contribution >= 4 is 46.1 Å². The number of halogens is 1. The van der Waals surface area contributed by atoms with E-state index in [-0.39, 0.29) is 18.0 Å². The Kier molecular flexibility index (Phi) is 5.82. The van der Waals surface area contributed by atoms with Gasteiger partial charge in [-0.25, -0.2) is 9.67 Å². The average molecular weight is 441 g/mol. The summed E-state index contributed by atoms with van der Waals surface area (Å²) in [6.07, 6.45) is 3.29. The van der Waals surface area contributed by atoms with Crippen LogP contribution < -0.4 is 10.9 Å². The molecule has 0 saturated carbocycles. The van der Waals surface area contributed by atoms with Crippen molar-refractivity contribution in [1.29, 1.82) is 0 Å². The molecule has 0 bridgehead atoms. The SMILES string of the molecule is CSc1cccc(NC(=O)Cn2cnc3c(nnn3Cc3cccc(Cl)c3)c2=O)c1. The predicted molar refractivity (Wildman–Crippen MR) is 117 cm³/mol. The maximum absolute atomic E-state index is 12.7. The summed E-state index contributed by atoms with van der Waals surface area (Å²) >= 11 is 7.60. The van der Waals surface area contributed by atoms with Crippen LogP contribution in [0.15, 0.2) is 64.5 Å². The number of hydrogen-bond acceptors (Lipinski definition) is 6. The summed E-state index contributed by atoms with van der Waals surface area (Å²) in [5, 5.41) is 11.4. The number of rotatable bonds is 6. The van der Waals surface area contributed by atoms with Crippen molar-refractivity contribution in [3.8, 4) is 0 Å². The van der Waals surface area contributed by atoms with Crippen LogP contribution in [0, 0.1) is 0 Å². The summed E-state index contributed by atoms with van der Waals surface area (Å²) in [5.41, 5.74) is 1.61. The molecule has 152 valence electrons. The third-order valence-corrected chi connectivity index (χ3v) is 5.34. The second-order valence-corrected chi connectivity index (χ2v) is 7.82. The zero-order valence-corrected chi connectivity index (χ0v) is 17.5. The van der Waals surface area contributed by atoms with E-state index >= 15 is 0 Å². The third-order valence-electron chi connectivity index (χ3n) is 4.38. The molecule has 0 radical (unpaired) electrons. The quantitative estimate of drug-likeness (QED) is 0.463. The van der Waals surface area contributed by atoms with Crippen LogP contribution in [-0.2, 0) is 17.9 Å². The normalized spacial score (nSPS) is 11.0. The summed E-state index contributed by atoms with van der Waals surface area (Å²) in [6, 6.07) is 14.8. The minimum Gasteiger partial charge on any atom is -0.324 e. The molecule has 10 heteroatoms. The van der Waals surface area contributed by atoms with Gasteiger partial charge in [0.05, 0.1) is 6.54 Å². The Balaban J connectivity index is 1.53. The van der Waals surface area contributed by atoms with Gasteiger partial charge in [-0.05, 0) is 42.2 Å². The molecule has 4 rings (SSSR count). The van der Waals surface area contributed by atoms with Crippen molar-refractivity contribution in [1.82, 2.24) is 24.5 Å². The number of aromatic nitrogens is 5. The lowest BCUT2D eigenvalue weighted by Gasteiger charge is -2.08. The van der Waals surface area contributed by atoms with Gasteiger partial charge in [-0.15, -0.1) is 16.9 Å². The standard InChI is InChI=1S/C20H17ClN6O2S/c1-30-16-7-3-6-15(9-16)23-17(28)11-26-12-22-19-18(20(26)29)24-25-27(19)10-13-4-2-5-14(21)8-13/h2-9,12H,10-11H2,1H3,(H,23,28). The fourth-order valence-electron chi connectivity index (χ4n) is 2.97. The second-order valence-electron chi connectivity index (χ2n) is 6.51. The summed E-state index contributed by atoms with van der Waals surface area (Å²) in [4.78, 5) is 30.5. The smallest absolute Gasteiger partial charge is 0.283 e. The Morgan fingerprint density at radius 2 is 2.03 bits per heavy atom. The van der Waals surface area contributed by atoms with Gasteiger partial charge < -0.3 is 5.32 Å². The number of anilines is 1. The Hall–Kier alpha value is -3.17. The zero-order valence-electron chi connectivity index (χ0n) is 15.9. The van der Waals surface area contributed by atoms with E-state index in [4.69, 9.17) is 11.6 Å². The van der Waals surface area contributed by atoms with Crippen molar-refractivity contribution in [2.24, 2.45) is 0 Å². The van der Waals surface area contributed by atoms with Gasteiger partial charge in [0, 0.05) is 15.6 Å². The van der Waals surface area contributed by atoms with Crippen molar-refractivity contribution < 1.29 is 4.79 Å². The van der Waals surface area contributed by atoms with Crippen LogP contribution in [0.4, 0.5) is 5.69 Å². The van der Waals surface area contributed by atoms with Gasteiger partial charge in [0.1, 0.15) is 12.9 Å². The molecule has 0 fully saturated rings. The van der Waals surface area contributed by atoms with Crippen molar-refractivity contribution in [3.63, 3.8) is 0 Å². The first kappa shape index (κ1) is 20.1. The topological polar surface area (TPSA) is 94.7 Å². The van der Waals surface area contributed by atoms with Crippen LogP contribution >= 0.6 is 23.4 Å². The Labute approximate surface area is 180 Å². The lowest BCUT2D eigenvalue weighted by Crippen LogP contribution is -2.28. The number of nitrogens with one attached hydrogen (secondary N) is 1. The van der Waals surface area contributed by atoms with Crippen molar-refractivity contribution in [3.05, 3.63) is 75.8 Å². The number of fused-ring (bicyclic) bond motifs is 1. The van der Waals surface area contributed by atoms with Gasteiger partial charge in [-0.2, -0.15) is 0 Å². The van der Waals surface area contributed by atoms with Crippen LogP contribution in [-0.4, -0.2) is 36.7 Å². The second kappa shape index (κ2) is 8.68. The summed E-state index contributed by atoms with van der Waals surface area (Å²) < 4.78 is 2.75. The van der Waals surface area contributed by atoms with Gasteiger partial charge >= 0.3 is 0 Å². The molecule has 2 aromatic heterocycles. The Morgan fingerprint density at radius 3 is 2.83 bits per heavy atom. The van der Waals surface area contributed by atoms with Crippen LogP contribution in [0.2, 0.25) is 5.02 Å². The molecule has 30 heavy (non-hydrogen) atoms. The molecule has 0 atom stereocenters. The predicted octanol–water partition coefficient (Wildman–Crippen LogP) is 3.05. The Morgan fingerprint density at radius 1 is 1.20 bits per heavy atom.